The Morgan fingerprint density at radius 3 is 2.39 bits per heavy atom. The van der Waals surface area contributed by atoms with E-state index >= 15 is 0 Å². The molecule has 0 bridgehead atoms. The van der Waals surface area contributed by atoms with Gasteiger partial charge in [-0.15, -0.1) is 10.2 Å². The molecule has 4 N–H and O–H groups in total. The van der Waals surface area contributed by atoms with Crippen molar-refractivity contribution in [2.24, 2.45) is 34.3 Å². The number of nitrogens with one attached hydrogen (secondary N) is 2. The number of nitrogens with zero attached hydrogens (tertiary/aromatic N) is 4. The van der Waals surface area contributed by atoms with Crippen LogP contribution in [0.4, 0.5) is 13.2 Å². The highest BCUT2D eigenvalue weighted by Gasteiger charge is 2.70. The Morgan fingerprint density at radius 2 is 1.82 bits per heavy atom. The third-order valence-electron chi connectivity index (χ3n) is 8.36. The number of piperidine rings is 1. The maximum absolute atomic E-state index is 13.7. The predicted octanol–water partition coefficient (Wildman–Crippen LogP) is 0.387. The number of carbonyl (C=O) groups is 4. The highest BCUT2D eigenvalue weighted by molar-refractivity contribution is 5.96. The molecular weight excluding hydrogens is 507 g/mol. The monoisotopic (exact) mass is 541 g/mol. The summed E-state index contributed by atoms with van der Waals surface area (Å²) in [6.07, 6.45) is -2.67. The third kappa shape index (κ3) is 4.96. The number of rotatable bonds is 6. The zero-order chi connectivity index (χ0) is 28.4. The summed E-state index contributed by atoms with van der Waals surface area (Å²) >= 11 is 0. The largest absolute Gasteiger partial charge is 0.471 e. The molecule has 2 aliphatic heterocycles. The van der Waals surface area contributed by atoms with Crippen LogP contribution >= 0.6 is 0 Å². The maximum Gasteiger partial charge on any atom is 0.471 e. The summed E-state index contributed by atoms with van der Waals surface area (Å²) in [5.41, 5.74) is 4.32. The van der Waals surface area contributed by atoms with Gasteiger partial charge in [-0.1, -0.05) is 34.6 Å². The van der Waals surface area contributed by atoms with Crippen molar-refractivity contribution in [3.05, 3.63) is 12.2 Å². The van der Waals surface area contributed by atoms with Crippen molar-refractivity contribution in [3.8, 4) is 0 Å². The van der Waals surface area contributed by atoms with E-state index in [4.69, 9.17) is 5.73 Å². The number of aromatic nitrogens is 3. The van der Waals surface area contributed by atoms with Crippen molar-refractivity contribution >= 4 is 23.6 Å². The van der Waals surface area contributed by atoms with E-state index in [0.717, 1.165) is 0 Å². The standard InChI is InChI=1S/C24H34F3N7O4/c1-22(2,3)17(31-21(38)24(25,26)27)20(37)34-9-12-14(23(12,4)5)16(34)19(36)30-15(18(28)35)11-6-7-33-10-29-32-13(33)8-11/h10-12,14-17H,6-9H2,1-5H3,(H2,28,35)(H,30,36)(H,31,38)/t11?,12-,14-,15?,16-,17+/m0/s1. The summed E-state index contributed by atoms with van der Waals surface area (Å²) < 4.78 is 40.9. The van der Waals surface area contributed by atoms with Gasteiger partial charge in [0.25, 0.3) is 0 Å². The van der Waals surface area contributed by atoms with E-state index in [2.05, 4.69) is 15.5 Å². The second-order valence-electron chi connectivity index (χ2n) is 12.2. The van der Waals surface area contributed by atoms with Gasteiger partial charge in [-0.3, -0.25) is 19.2 Å². The van der Waals surface area contributed by atoms with E-state index in [0.29, 0.717) is 25.2 Å². The fourth-order valence-corrected chi connectivity index (χ4v) is 6.05. The van der Waals surface area contributed by atoms with Crippen molar-refractivity contribution in [2.75, 3.05) is 6.54 Å². The second-order valence-corrected chi connectivity index (χ2v) is 12.2. The number of nitrogens with two attached hydrogens (primary N) is 1. The molecule has 210 valence electrons. The van der Waals surface area contributed by atoms with E-state index in [1.54, 1.807) is 6.33 Å². The zero-order valence-electron chi connectivity index (χ0n) is 22.0. The van der Waals surface area contributed by atoms with Crippen LogP contribution in [-0.4, -0.2) is 74.1 Å². The molecule has 1 saturated carbocycles. The van der Waals surface area contributed by atoms with Gasteiger partial charge in [0, 0.05) is 19.5 Å². The Balaban J connectivity index is 1.57. The van der Waals surface area contributed by atoms with E-state index in [9.17, 15) is 32.3 Å². The molecule has 6 atom stereocenters. The van der Waals surface area contributed by atoms with Crippen LogP contribution in [0.5, 0.6) is 0 Å². The first kappa shape index (κ1) is 27.8. The molecule has 1 saturated heterocycles. The lowest BCUT2D eigenvalue weighted by molar-refractivity contribution is -0.176. The highest BCUT2D eigenvalue weighted by Crippen LogP contribution is 2.65. The number of carbonyl (C=O) groups excluding carboxylic acids is 4. The molecule has 4 rings (SSSR count). The minimum atomic E-state index is -5.17. The normalized spacial score (nSPS) is 27.5. The molecule has 0 radical (unpaired) electrons. The van der Waals surface area contributed by atoms with Gasteiger partial charge < -0.3 is 25.8 Å². The number of alkyl halides is 3. The number of aryl methyl sites for hydroxylation is 1. The number of likely N-dealkylation sites (tertiary alicyclic amines) is 1. The third-order valence-corrected chi connectivity index (χ3v) is 8.36. The van der Waals surface area contributed by atoms with Gasteiger partial charge in [0.15, 0.2) is 0 Å². The molecule has 3 aliphatic rings. The van der Waals surface area contributed by atoms with Crippen molar-refractivity contribution in [2.45, 2.75) is 78.3 Å². The van der Waals surface area contributed by atoms with Crippen molar-refractivity contribution in [1.82, 2.24) is 30.3 Å². The number of primary amides is 1. The molecule has 0 aromatic carbocycles. The summed E-state index contributed by atoms with van der Waals surface area (Å²) in [6.45, 7) is 9.21. The summed E-state index contributed by atoms with van der Waals surface area (Å²) in [5.74, 6) is -4.32. The Kier molecular flexibility index (Phi) is 6.76. The number of amides is 4. The first-order valence-corrected chi connectivity index (χ1v) is 12.6. The Hall–Kier alpha value is -3.19. The molecule has 1 aromatic rings. The Bertz CT molecular complexity index is 1140. The van der Waals surface area contributed by atoms with Gasteiger partial charge in [0.05, 0.1) is 0 Å². The maximum atomic E-state index is 13.7. The van der Waals surface area contributed by atoms with Gasteiger partial charge in [0.2, 0.25) is 17.7 Å². The van der Waals surface area contributed by atoms with Crippen LogP contribution in [0, 0.1) is 28.6 Å². The summed E-state index contributed by atoms with van der Waals surface area (Å²) in [4.78, 5) is 52.7. The van der Waals surface area contributed by atoms with Crippen molar-refractivity contribution < 1.29 is 32.3 Å². The average Bonchev–Trinajstić information content (AvgIpc) is 3.21. The number of hydrogen-bond acceptors (Lipinski definition) is 6. The molecule has 2 fully saturated rings. The number of hydrogen-bond donors (Lipinski definition) is 3. The summed E-state index contributed by atoms with van der Waals surface area (Å²) in [5, 5.41) is 12.5. The minimum absolute atomic E-state index is 0.0543. The van der Waals surface area contributed by atoms with Crippen LogP contribution in [0.1, 0.15) is 46.9 Å². The molecule has 2 unspecified atom stereocenters. The van der Waals surface area contributed by atoms with Gasteiger partial charge >= 0.3 is 12.1 Å². The highest BCUT2D eigenvalue weighted by atomic mass is 19.4. The summed E-state index contributed by atoms with van der Waals surface area (Å²) in [6, 6.07) is -3.58. The van der Waals surface area contributed by atoms with Crippen LogP contribution in [0.2, 0.25) is 0 Å². The van der Waals surface area contributed by atoms with Gasteiger partial charge in [0.1, 0.15) is 30.3 Å². The van der Waals surface area contributed by atoms with Gasteiger partial charge in [-0.25, -0.2) is 0 Å². The lowest BCUT2D eigenvalue weighted by atomic mass is 9.85. The predicted molar refractivity (Wildman–Crippen MR) is 127 cm³/mol. The fourth-order valence-electron chi connectivity index (χ4n) is 6.05. The second kappa shape index (κ2) is 9.23. The molecule has 1 aromatic heterocycles. The molecule has 3 heterocycles. The summed E-state index contributed by atoms with van der Waals surface area (Å²) in [7, 11) is 0. The van der Waals surface area contributed by atoms with Crippen LogP contribution in [-0.2, 0) is 32.1 Å². The molecule has 1 aliphatic carbocycles. The van der Waals surface area contributed by atoms with E-state index < -0.39 is 53.3 Å². The van der Waals surface area contributed by atoms with Crippen LogP contribution in [0.15, 0.2) is 6.33 Å². The minimum Gasteiger partial charge on any atom is -0.368 e. The number of halogens is 3. The quantitative estimate of drug-likeness (QED) is 0.474. The van der Waals surface area contributed by atoms with E-state index in [-0.39, 0.29) is 29.7 Å². The van der Waals surface area contributed by atoms with Gasteiger partial charge in [-0.2, -0.15) is 13.2 Å². The van der Waals surface area contributed by atoms with Crippen LogP contribution in [0.25, 0.3) is 0 Å². The SMILES string of the molecule is CC(C)(C)[C@H](NC(=O)C(F)(F)F)C(=O)N1C[C@H]2[C@@H]([C@H]1C(=O)NC(C(N)=O)C1CCn3cnnc3C1)C2(C)C. The fraction of sp³-hybridized carbons (Fsp3) is 0.750. The van der Waals surface area contributed by atoms with E-state index in [1.807, 2.05) is 23.7 Å². The zero-order valence-corrected chi connectivity index (χ0v) is 22.0. The Labute approximate surface area is 218 Å². The van der Waals surface area contributed by atoms with Crippen molar-refractivity contribution in [1.29, 1.82) is 0 Å². The lowest BCUT2D eigenvalue weighted by Gasteiger charge is -2.38. The Morgan fingerprint density at radius 1 is 1.16 bits per heavy atom. The molecule has 0 spiro atoms. The molecule has 4 amide bonds. The van der Waals surface area contributed by atoms with E-state index in [1.165, 1.54) is 25.7 Å². The first-order valence-electron chi connectivity index (χ1n) is 12.6. The lowest BCUT2D eigenvalue weighted by Crippen LogP contribution is -2.62. The van der Waals surface area contributed by atoms with Crippen LogP contribution < -0.4 is 16.4 Å². The first-order chi connectivity index (χ1) is 17.4. The molecule has 14 heteroatoms. The van der Waals surface area contributed by atoms with Crippen molar-refractivity contribution in [3.63, 3.8) is 0 Å². The molecule has 11 nitrogen and oxygen atoms in total. The number of fused-ring (bicyclic) bond motifs is 2. The molecule has 38 heavy (non-hydrogen) atoms. The molecular formula is C24H34F3N7O4. The topological polar surface area (TPSA) is 152 Å². The van der Waals surface area contributed by atoms with Gasteiger partial charge in [-0.05, 0) is 35.0 Å². The average molecular weight is 542 g/mol. The van der Waals surface area contributed by atoms with Crippen LogP contribution in [0.3, 0.4) is 0 Å². The smallest absolute Gasteiger partial charge is 0.368 e.